The molecule has 41 heavy (non-hydrogen) atoms. The van der Waals surface area contributed by atoms with Crippen LogP contribution in [0.15, 0.2) is 43.0 Å². The number of benzene rings is 1. The summed E-state index contributed by atoms with van der Waals surface area (Å²) in [6, 6.07) is -3.38. The van der Waals surface area contributed by atoms with E-state index >= 15 is 0 Å². The monoisotopic (exact) mass is 590 g/mol. The Morgan fingerprint density at radius 2 is 1.68 bits per heavy atom. The van der Waals surface area contributed by atoms with Crippen molar-refractivity contribution in [1.82, 2.24) is 31.1 Å². The number of hydrogen-bond acceptors (Lipinski definition) is 9. The molecular formula is C24H24F6N6O5. The van der Waals surface area contributed by atoms with E-state index in [0.29, 0.717) is 0 Å². The molecule has 3 unspecified atom stereocenters. The number of carbonyl (C=O) groups excluding carboxylic acids is 3. The van der Waals surface area contributed by atoms with E-state index in [9.17, 15) is 50.9 Å². The average Bonchev–Trinajstić information content (AvgIpc) is 3.45. The fourth-order valence-electron chi connectivity index (χ4n) is 5.91. The lowest BCUT2D eigenvalue weighted by Crippen LogP contribution is -2.79. The summed E-state index contributed by atoms with van der Waals surface area (Å²) in [4.78, 5) is 39.8. The van der Waals surface area contributed by atoms with Crippen LogP contribution in [0.1, 0.15) is 34.3 Å². The van der Waals surface area contributed by atoms with Crippen LogP contribution in [0.3, 0.4) is 0 Å². The number of likely N-dealkylation sites (tertiary alicyclic amines) is 1. The van der Waals surface area contributed by atoms with E-state index in [4.69, 9.17) is 0 Å². The summed E-state index contributed by atoms with van der Waals surface area (Å²) in [7, 11) is 0. The molecule has 3 amide bonds. The molecule has 4 saturated heterocycles. The Bertz CT molecular complexity index is 1350. The SMILES string of the molecule is C=C1NC2[C@H](CN3C(=O)CCC3=O)NC(=C)N3CC(NC(=O)c4cc(C(F)(F)F)ccc4C(F)(F)F)C(O)(O)C23N1. The van der Waals surface area contributed by atoms with Crippen LogP contribution in [0.4, 0.5) is 26.3 Å². The molecule has 4 heterocycles. The minimum atomic E-state index is -5.20. The third kappa shape index (κ3) is 4.34. The van der Waals surface area contributed by atoms with Crippen LogP contribution < -0.4 is 21.3 Å². The Kier molecular flexibility index (Phi) is 6.27. The summed E-state index contributed by atoms with van der Waals surface area (Å²) in [6.45, 7) is 6.88. The number of aliphatic hydroxyl groups is 2. The molecule has 11 nitrogen and oxygen atoms in total. The van der Waals surface area contributed by atoms with Gasteiger partial charge in [-0.05, 0) is 18.2 Å². The van der Waals surface area contributed by atoms with Crippen molar-refractivity contribution in [2.75, 3.05) is 13.1 Å². The van der Waals surface area contributed by atoms with Gasteiger partial charge in [0.2, 0.25) is 17.6 Å². The van der Waals surface area contributed by atoms with Crippen LogP contribution in [-0.4, -0.2) is 80.4 Å². The van der Waals surface area contributed by atoms with Crippen LogP contribution in [0.25, 0.3) is 0 Å². The van der Waals surface area contributed by atoms with E-state index in [2.05, 4.69) is 29.1 Å². The molecule has 4 atom stereocenters. The summed E-state index contributed by atoms with van der Waals surface area (Å²) in [6.07, 6.45) is -10.3. The highest BCUT2D eigenvalue weighted by Gasteiger charge is 2.73. The lowest BCUT2D eigenvalue weighted by molar-refractivity contribution is -0.238. The minimum absolute atomic E-state index is 0.000315. The molecule has 1 aromatic rings. The molecule has 0 saturated carbocycles. The van der Waals surface area contributed by atoms with E-state index in [1.165, 1.54) is 4.90 Å². The largest absolute Gasteiger partial charge is 0.417 e. The first-order valence-corrected chi connectivity index (χ1v) is 12.2. The Morgan fingerprint density at radius 1 is 1.05 bits per heavy atom. The molecule has 0 radical (unpaired) electrons. The Hall–Kier alpha value is -3.99. The van der Waals surface area contributed by atoms with Gasteiger partial charge in [0.25, 0.3) is 5.91 Å². The van der Waals surface area contributed by atoms with Crippen LogP contribution in [-0.2, 0) is 21.9 Å². The van der Waals surface area contributed by atoms with Gasteiger partial charge in [-0.25, -0.2) is 0 Å². The van der Waals surface area contributed by atoms with Crippen LogP contribution >= 0.6 is 0 Å². The number of amides is 3. The second kappa shape index (κ2) is 9.01. The van der Waals surface area contributed by atoms with Gasteiger partial charge in [-0.1, -0.05) is 13.2 Å². The quantitative estimate of drug-likeness (QED) is 0.164. The van der Waals surface area contributed by atoms with Crippen molar-refractivity contribution in [3.63, 3.8) is 0 Å². The number of hydrogen-bond donors (Lipinski definition) is 6. The van der Waals surface area contributed by atoms with Crippen LogP contribution in [0, 0.1) is 0 Å². The van der Waals surface area contributed by atoms with Gasteiger partial charge >= 0.3 is 12.4 Å². The molecule has 17 heteroatoms. The molecule has 222 valence electrons. The maximum atomic E-state index is 13.6. The minimum Gasteiger partial charge on any atom is -0.365 e. The van der Waals surface area contributed by atoms with Crippen molar-refractivity contribution in [3.05, 3.63) is 59.7 Å². The Labute approximate surface area is 227 Å². The molecule has 0 aromatic heterocycles. The molecule has 5 rings (SSSR count). The second-order valence-corrected chi connectivity index (χ2v) is 10.2. The summed E-state index contributed by atoms with van der Waals surface area (Å²) in [5, 5.41) is 33.7. The van der Waals surface area contributed by atoms with E-state index < -0.39 is 82.9 Å². The maximum absolute atomic E-state index is 13.6. The topological polar surface area (TPSA) is 146 Å². The zero-order valence-electron chi connectivity index (χ0n) is 21.0. The smallest absolute Gasteiger partial charge is 0.365 e. The summed E-state index contributed by atoms with van der Waals surface area (Å²) >= 11 is 0. The molecular weight excluding hydrogens is 566 g/mol. The van der Waals surface area contributed by atoms with Crippen molar-refractivity contribution in [2.45, 2.75) is 54.8 Å². The zero-order valence-corrected chi connectivity index (χ0v) is 21.0. The number of alkyl halides is 6. The number of nitrogens with one attached hydrogen (secondary N) is 4. The first kappa shape index (κ1) is 28.5. The predicted molar refractivity (Wildman–Crippen MR) is 126 cm³/mol. The fourth-order valence-corrected chi connectivity index (χ4v) is 5.91. The lowest BCUT2D eigenvalue weighted by Gasteiger charge is -2.52. The van der Waals surface area contributed by atoms with Gasteiger partial charge in [0.1, 0.15) is 6.04 Å². The van der Waals surface area contributed by atoms with Crippen molar-refractivity contribution >= 4 is 17.7 Å². The van der Waals surface area contributed by atoms with Gasteiger partial charge in [-0.15, -0.1) is 0 Å². The van der Waals surface area contributed by atoms with Gasteiger partial charge in [-0.2, -0.15) is 26.3 Å². The average molecular weight is 590 g/mol. The standard InChI is InChI=1S/C24H24F6N6O5/c1-10-31-19-15(8-35-17(37)5-6-18(35)38)32-11(2)36-9-16(22(40,41)21(19,36)34-10)33-20(39)13-7-12(23(25,26)27)3-4-14(13)24(28,29)30/h3-4,7,15-16,19,31-32,34,40-41H,1-2,5-6,8-9H2,(H,33,39)/t15-,16?,19?,21?/m0/s1. The molecule has 0 aliphatic carbocycles. The Morgan fingerprint density at radius 3 is 2.27 bits per heavy atom. The normalized spacial score (nSPS) is 29.1. The van der Waals surface area contributed by atoms with Gasteiger partial charge in [0, 0.05) is 19.4 Å². The van der Waals surface area contributed by atoms with Crippen molar-refractivity contribution < 1.29 is 50.9 Å². The zero-order chi connectivity index (χ0) is 30.3. The van der Waals surface area contributed by atoms with E-state index in [1.807, 2.05) is 5.32 Å². The number of imide groups is 1. The van der Waals surface area contributed by atoms with Gasteiger partial charge < -0.3 is 36.4 Å². The molecule has 1 aromatic carbocycles. The molecule has 4 aliphatic rings. The highest BCUT2D eigenvalue weighted by Crippen LogP contribution is 2.46. The summed E-state index contributed by atoms with van der Waals surface area (Å²) in [5.74, 6) is -5.43. The summed E-state index contributed by atoms with van der Waals surface area (Å²) in [5.41, 5.74) is -6.52. The van der Waals surface area contributed by atoms with Gasteiger partial charge in [0.15, 0.2) is 5.66 Å². The van der Waals surface area contributed by atoms with Gasteiger partial charge in [0.05, 0.1) is 47.0 Å². The Balaban J connectivity index is 1.49. The molecule has 4 fully saturated rings. The van der Waals surface area contributed by atoms with E-state index in [1.54, 1.807) is 0 Å². The molecule has 4 aliphatic heterocycles. The van der Waals surface area contributed by atoms with Gasteiger partial charge in [-0.3, -0.25) is 19.3 Å². The summed E-state index contributed by atoms with van der Waals surface area (Å²) < 4.78 is 80.6. The molecule has 6 N–H and O–H groups in total. The van der Waals surface area contributed by atoms with Crippen molar-refractivity contribution in [3.8, 4) is 0 Å². The predicted octanol–water partition coefficient (Wildman–Crippen LogP) is 0.140. The third-order valence-corrected chi connectivity index (χ3v) is 7.78. The van der Waals surface area contributed by atoms with Crippen LogP contribution in [0.5, 0.6) is 0 Å². The second-order valence-electron chi connectivity index (χ2n) is 10.2. The van der Waals surface area contributed by atoms with E-state index in [0.717, 1.165) is 4.90 Å². The molecule has 1 spiro atoms. The highest BCUT2D eigenvalue weighted by molar-refractivity contribution is 6.02. The highest BCUT2D eigenvalue weighted by atomic mass is 19.4. The lowest BCUT2D eigenvalue weighted by atomic mass is 9.84. The number of nitrogens with zero attached hydrogens (tertiary/aromatic N) is 2. The first-order chi connectivity index (χ1) is 18.9. The number of halogens is 6. The first-order valence-electron chi connectivity index (χ1n) is 12.2. The van der Waals surface area contributed by atoms with Crippen LogP contribution in [0.2, 0.25) is 0 Å². The number of carbonyl (C=O) groups is 3. The molecule has 0 bridgehead atoms. The fraction of sp³-hybridized carbons (Fsp3) is 0.458. The van der Waals surface area contributed by atoms with Crippen molar-refractivity contribution in [2.24, 2.45) is 0 Å². The third-order valence-electron chi connectivity index (χ3n) is 7.78. The number of rotatable bonds is 4. The van der Waals surface area contributed by atoms with Crippen molar-refractivity contribution in [1.29, 1.82) is 0 Å². The maximum Gasteiger partial charge on any atom is 0.417 e. The van der Waals surface area contributed by atoms with E-state index in [-0.39, 0.29) is 49.2 Å².